The van der Waals surface area contributed by atoms with Gasteiger partial charge in [0, 0.05) is 24.1 Å². The van der Waals surface area contributed by atoms with E-state index in [2.05, 4.69) is 20.5 Å². The van der Waals surface area contributed by atoms with Crippen LogP contribution in [0, 0.1) is 11.7 Å². The predicted molar refractivity (Wildman–Crippen MR) is 107 cm³/mol. The molecule has 2 aromatic heterocycles. The molecule has 0 amide bonds. The zero-order valence-electron chi connectivity index (χ0n) is 16.6. The fourth-order valence-corrected chi connectivity index (χ4v) is 4.22. The smallest absolute Gasteiger partial charge is 0.210 e. The van der Waals surface area contributed by atoms with Gasteiger partial charge in [0.1, 0.15) is 17.9 Å². The quantitative estimate of drug-likeness (QED) is 0.642. The molecule has 0 atom stereocenters. The second-order valence-electron chi connectivity index (χ2n) is 7.91. The number of aliphatic hydroxyl groups excluding tert-OH is 1. The zero-order chi connectivity index (χ0) is 20.5. The molecule has 3 aromatic rings. The number of halogens is 1. The summed E-state index contributed by atoms with van der Waals surface area (Å²) in [6.07, 6.45) is 7.24. The van der Waals surface area contributed by atoms with Crippen LogP contribution in [0.1, 0.15) is 36.8 Å². The topological polar surface area (TPSA) is 93.8 Å². The maximum absolute atomic E-state index is 14.4. The van der Waals surface area contributed by atoms with Gasteiger partial charge in [0.2, 0.25) is 11.6 Å². The molecule has 2 N–H and O–H groups in total. The molecule has 9 heteroatoms. The number of aliphatic hydroxyl groups is 1. The van der Waals surface area contributed by atoms with Gasteiger partial charge < -0.3 is 19.9 Å². The summed E-state index contributed by atoms with van der Waals surface area (Å²) in [5.41, 5.74) is 2.05. The number of aromatic nitrogens is 4. The van der Waals surface area contributed by atoms with E-state index in [1.54, 1.807) is 23.0 Å². The average molecular weight is 413 g/mol. The Labute approximate surface area is 173 Å². The van der Waals surface area contributed by atoms with Crippen LogP contribution >= 0.6 is 0 Å². The van der Waals surface area contributed by atoms with Crippen molar-refractivity contribution < 1.29 is 19.0 Å². The second kappa shape index (κ2) is 8.06. The lowest BCUT2D eigenvalue weighted by Crippen LogP contribution is -2.22. The van der Waals surface area contributed by atoms with Crippen molar-refractivity contribution in [2.24, 2.45) is 5.92 Å². The van der Waals surface area contributed by atoms with E-state index in [0.717, 1.165) is 37.0 Å². The SMILES string of the molecule is O[C@H]1CC[C@H](COc2cnc(NCc3c(F)ccc4c3CCO4)n3cnnc23)CC1. The van der Waals surface area contributed by atoms with Gasteiger partial charge in [0.05, 0.1) is 25.5 Å². The van der Waals surface area contributed by atoms with Gasteiger partial charge in [0.15, 0.2) is 5.75 Å². The van der Waals surface area contributed by atoms with Crippen molar-refractivity contribution in [1.29, 1.82) is 0 Å². The number of benzene rings is 1. The number of hydrogen-bond donors (Lipinski definition) is 2. The highest BCUT2D eigenvalue weighted by Crippen LogP contribution is 2.31. The van der Waals surface area contributed by atoms with E-state index in [9.17, 15) is 9.50 Å². The van der Waals surface area contributed by atoms with Gasteiger partial charge in [-0.15, -0.1) is 10.2 Å². The molecule has 1 saturated carbocycles. The third kappa shape index (κ3) is 3.65. The van der Waals surface area contributed by atoms with E-state index >= 15 is 0 Å². The van der Waals surface area contributed by atoms with Gasteiger partial charge in [-0.2, -0.15) is 0 Å². The summed E-state index contributed by atoms with van der Waals surface area (Å²) >= 11 is 0. The average Bonchev–Trinajstić information content (AvgIpc) is 3.43. The summed E-state index contributed by atoms with van der Waals surface area (Å²) in [6, 6.07) is 3.11. The first-order chi connectivity index (χ1) is 14.7. The molecule has 158 valence electrons. The Bertz CT molecular complexity index is 1050. The third-order valence-electron chi connectivity index (χ3n) is 5.96. The minimum absolute atomic E-state index is 0.182. The Kier molecular flexibility index (Phi) is 5.12. The normalized spacial score (nSPS) is 20.7. The minimum atomic E-state index is -0.260. The number of fused-ring (bicyclic) bond motifs is 2. The van der Waals surface area contributed by atoms with E-state index in [1.165, 1.54) is 6.07 Å². The molecule has 0 bridgehead atoms. The molecule has 1 aliphatic heterocycles. The van der Waals surface area contributed by atoms with Crippen LogP contribution in [-0.4, -0.2) is 44.0 Å². The standard InChI is InChI=1S/C21H24FN5O3/c22-17-5-6-18-15(7-8-29-18)16(17)9-23-21-24-10-19(20-26-25-12-27(20)21)30-11-13-1-3-14(28)4-2-13/h5-6,10,12-14,28H,1-4,7-9,11H2,(H,23,24)/t13-,14-. The van der Waals surface area contributed by atoms with Crippen LogP contribution in [0.3, 0.4) is 0 Å². The Balaban J connectivity index is 1.31. The lowest BCUT2D eigenvalue weighted by Gasteiger charge is -2.25. The van der Waals surface area contributed by atoms with Crippen molar-refractivity contribution in [1.82, 2.24) is 19.6 Å². The van der Waals surface area contributed by atoms with Crippen LogP contribution in [0.2, 0.25) is 0 Å². The number of hydrogen-bond acceptors (Lipinski definition) is 7. The highest BCUT2D eigenvalue weighted by atomic mass is 19.1. The van der Waals surface area contributed by atoms with Gasteiger partial charge >= 0.3 is 0 Å². The predicted octanol–water partition coefficient (Wildman–Crippen LogP) is 2.74. The van der Waals surface area contributed by atoms with Gasteiger partial charge in [-0.05, 0) is 43.7 Å². The van der Waals surface area contributed by atoms with Gasteiger partial charge in [-0.3, -0.25) is 0 Å². The van der Waals surface area contributed by atoms with Crippen molar-refractivity contribution in [3.05, 3.63) is 41.6 Å². The highest BCUT2D eigenvalue weighted by molar-refractivity contribution is 5.56. The number of nitrogens with one attached hydrogen (secondary N) is 1. The van der Waals surface area contributed by atoms with Crippen LogP contribution < -0.4 is 14.8 Å². The third-order valence-corrected chi connectivity index (χ3v) is 5.96. The minimum Gasteiger partial charge on any atom is -0.493 e. The molecular weight excluding hydrogens is 389 g/mol. The van der Waals surface area contributed by atoms with Crippen molar-refractivity contribution >= 4 is 11.6 Å². The Morgan fingerprint density at radius 2 is 2.13 bits per heavy atom. The molecule has 1 aliphatic carbocycles. The van der Waals surface area contributed by atoms with Crippen LogP contribution in [0.5, 0.6) is 11.5 Å². The summed E-state index contributed by atoms with van der Waals surface area (Å²) in [6.45, 7) is 1.42. The second-order valence-corrected chi connectivity index (χ2v) is 7.91. The number of nitrogens with zero attached hydrogens (tertiary/aromatic N) is 4. The maximum Gasteiger partial charge on any atom is 0.210 e. The van der Waals surface area contributed by atoms with Gasteiger partial charge in [-0.25, -0.2) is 13.8 Å². The fraction of sp³-hybridized carbons (Fsp3) is 0.476. The van der Waals surface area contributed by atoms with Crippen molar-refractivity contribution in [3.8, 4) is 11.5 Å². The summed E-state index contributed by atoms with van der Waals surface area (Å²) in [5.74, 6) is 1.97. The van der Waals surface area contributed by atoms with Crippen molar-refractivity contribution in [3.63, 3.8) is 0 Å². The first-order valence-corrected chi connectivity index (χ1v) is 10.4. The summed E-state index contributed by atoms with van der Waals surface area (Å²) in [4.78, 5) is 4.45. The molecule has 1 fully saturated rings. The molecule has 0 spiro atoms. The highest BCUT2D eigenvalue weighted by Gasteiger charge is 2.22. The molecule has 3 heterocycles. The number of ether oxygens (including phenoxy) is 2. The van der Waals surface area contributed by atoms with Crippen molar-refractivity contribution in [2.75, 3.05) is 18.5 Å². The lowest BCUT2D eigenvalue weighted by molar-refractivity contribution is 0.0918. The van der Waals surface area contributed by atoms with Gasteiger partial charge in [-0.1, -0.05) is 0 Å². The summed E-state index contributed by atoms with van der Waals surface area (Å²) in [5, 5.41) is 21.0. The molecule has 0 saturated heterocycles. The summed E-state index contributed by atoms with van der Waals surface area (Å²) < 4.78 is 27.6. The van der Waals surface area contributed by atoms with Crippen LogP contribution in [0.4, 0.5) is 10.3 Å². The number of rotatable bonds is 6. The summed E-state index contributed by atoms with van der Waals surface area (Å²) in [7, 11) is 0. The lowest BCUT2D eigenvalue weighted by atomic mass is 9.88. The van der Waals surface area contributed by atoms with Gasteiger partial charge in [0.25, 0.3) is 0 Å². The molecule has 5 rings (SSSR count). The molecule has 0 unspecified atom stereocenters. The Morgan fingerprint density at radius 3 is 3.00 bits per heavy atom. The molecular formula is C21H24FN5O3. The molecule has 30 heavy (non-hydrogen) atoms. The van der Waals surface area contributed by atoms with E-state index in [1.807, 2.05) is 0 Å². The van der Waals surface area contributed by atoms with Crippen LogP contribution in [-0.2, 0) is 13.0 Å². The Morgan fingerprint density at radius 1 is 1.27 bits per heavy atom. The maximum atomic E-state index is 14.4. The van der Waals surface area contributed by atoms with E-state index in [-0.39, 0.29) is 18.5 Å². The number of anilines is 1. The van der Waals surface area contributed by atoms with E-state index in [0.29, 0.717) is 48.5 Å². The van der Waals surface area contributed by atoms with Crippen LogP contribution in [0.15, 0.2) is 24.7 Å². The molecule has 1 aromatic carbocycles. The molecule has 8 nitrogen and oxygen atoms in total. The molecule has 2 aliphatic rings. The van der Waals surface area contributed by atoms with Crippen LogP contribution in [0.25, 0.3) is 5.65 Å². The zero-order valence-corrected chi connectivity index (χ0v) is 16.6. The van der Waals surface area contributed by atoms with Crippen molar-refractivity contribution in [2.45, 2.75) is 44.8 Å². The Hall–Kier alpha value is -2.94. The first kappa shape index (κ1) is 19.0. The largest absolute Gasteiger partial charge is 0.493 e. The first-order valence-electron chi connectivity index (χ1n) is 10.4. The fourth-order valence-electron chi connectivity index (χ4n) is 4.22. The van der Waals surface area contributed by atoms with E-state index < -0.39 is 0 Å². The van der Waals surface area contributed by atoms with E-state index in [4.69, 9.17) is 9.47 Å². The monoisotopic (exact) mass is 413 g/mol. The molecule has 0 radical (unpaired) electrons.